The van der Waals surface area contributed by atoms with Gasteiger partial charge in [-0.25, -0.2) is 9.37 Å². The maximum absolute atomic E-state index is 12.8. The summed E-state index contributed by atoms with van der Waals surface area (Å²) in [5.74, 6) is -0.235. The summed E-state index contributed by atoms with van der Waals surface area (Å²) in [6.45, 7) is 0.661. The van der Waals surface area contributed by atoms with Crippen molar-refractivity contribution in [1.82, 2.24) is 4.98 Å². The fraction of sp³-hybridized carbons (Fsp3) is 0.143. The Balaban J connectivity index is 2.09. The molecule has 0 spiro atoms. The van der Waals surface area contributed by atoms with Crippen molar-refractivity contribution < 1.29 is 4.39 Å². The fourth-order valence-electron chi connectivity index (χ4n) is 1.63. The highest BCUT2D eigenvalue weighted by Gasteiger charge is 2.03. The maximum Gasteiger partial charge on any atom is 0.140 e. The van der Waals surface area contributed by atoms with Gasteiger partial charge in [0.25, 0.3) is 0 Å². The third-order valence-electron chi connectivity index (χ3n) is 2.64. The Bertz CT molecular complexity index is 555. The summed E-state index contributed by atoms with van der Waals surface area (Å²) in [5, 5.41) is 8.67. The van der Waals surface area contributed by atoms with E-state index in [0.29, 0.717) is 12.2 Å². The van der Waals surface area contributed by atoms with Crippen LogP contribution in [0.3, 0.4) is 0 Å². The molecule has 0 saturated heterocycles. The van der Waals surface area contributed by atoms with Gasteiger partial charge >= 0.3 is 0 Å². The molecule has 1 heterocycles. The number of rotatable bonds is 3. The highest BCUT2D eigenvalue weighted by molar-refractivity contribution is 5.45. The number of aromatic nitrogens is 1. The van der Waals surface area contributed by atoms with E-state index in [1.54, 1.807) is 24.4 Å². The summed E-state index contributed by atoms with van der Waals surface area (Å²) in [6, 6.07) is 11.9. The van der Waals surface area contributed by atoms with Gasteiger partial charge in [-0.2, -0.15) is 5.26 Å². The second-order valence-electron chi connectivity index (χ2n) is 4.00. The number of benzene rings is 1. The van der Waals surface area contributed by atoms with Crippen LogP contribution in [-0.4, -0.2) is 12.0 Å². The Labute approximate surface area is 105 Å². The summed E-state index contributed by atoms with van der Waals surface area (Å²) >= 11 is 0. The number of anilines is 1. The zero-order chi connectivity index (χ0) is 13.0. The molecule has 3 nitrogen and oxygen atoms in total. The Kier molecular flexibility index (Phi) is 3.54. The monoisotopic (exact) mass is 241 g/mol. The van der Waals surface area contributed by atoms with E-state index in [0.717, 1.165) is 11.3 Å². The lowest BCUT2D eigenvalue weighted by Gasteiger charge is -2.18. The fourth-order valence-corrected chi connectivity index (χ4v) is 1.63. The minimum absolute atomic E-state index is 0.235. The Morgan fingerprint density at radius 2 is 1.94 bits per heavy atom. The van der Waals surface area contributed by atoms with Gasteiger partial charge in [-0.05, 0) is 29.8 Å². The normalized spacial score (nSPS) is 9.83. The Hall–Kier alpha value is -2.41. The molecule has 90 valence electrons. The van der Waals surface area contributed by atoms with Gasteiger partial charge in [0.2, 0.25) is 0 Å². The predicted molar refractivity (Wildman–Crippen MR) is 67.5 cm³/mol. The second-order valence-corrected chi connectivity index (χ2v) is 4.00. The molecule has 0 aliphatic heterocycles. The van der Waals surface area contributed by atoms with Crippen LogP contribution >= 0.6 is 0 Å². The second kappa shape index (κ2) is 5.28. The van der Waals surface area contributed by atoms with Gasteiger partial charge in [0.05, 0.1) is 11.9 Å². The van der Waals surface area contributed by atoms with Crippen LogP contribution in [0, 0.1) is 17.1 Å². The van der Waals surface area contributed by atoms with Gasteiger partial charge in [-0.1, -0.05) is 12.1 Å². The predicted octanol–water partition coefficient (Wildman–Crippen LogP) is 2.73. The standard InChI is InChI=1S/C14H12FN3/c1-18(10-11-2-4-12(15)5-3-11)14-7-6-13(8-16)17-9-14/h2-7,9H,10H2,1H3. The molecule has 2 aromatic rings. The average molecular weight is 241 g/mol. The van der Waals surface area contributed by atoms with Crippen LogP contribution in [0.5, 0.6) is 0 Å². The van der Waals surface area contributed by atoms with Crippen molar-refractivity contribution in [3.05, 3.63) is 59.7 Å². The van der Waals surface area contributed by atoms with Crippen molar-refractivity contribution >= 4 is 5.69 Å². The van der Waals surface area contributed by atoms with E-state index >= 15 is 0 Å². The van der Waals surface area contributed by atoms with E-state index in [4.69, 9.17) is 5.26 Å². The third kappa shape index (κ3) is 2.83. The molecule has 2 rings (SSSR count). The summed E-state index contributed by atoms with van der Waals surface area (Å²) in [5.41, 5.74) is 2.33. The van der Waals surface area contributed by atoms with Crippen molar-refractivity contribution in [3.63, 3.8) is 0 Å². The molecule has 4 heteroatoms. The van der Waals surface area contributed by atoms with Gasteiger partial charge in [0.15, 0.2) is 0 Å². The lowest BCUT2D eigenvalue weighted by molar-refractivity contribution is 0.627. The highest BCUT2D eigenvalue weighted by atomic mass is 19.1. The molecule has 1 aromatic carbocycles. The van der Waals surface area contributed by atoms with Gasteiger partial charge in [0, 0.05) is 13.6 Å². The van der Waals surface area contributed by atoms with Gasteiger partial charge in [0.1, 0.15) is 17.6 Å². The number of halogens is 1. The first-order chi connectivity index (χ1) is 8.69. The molecular weight excluding hydrogens is 229 g/mol. The van der Waals surface area contributed by atoms with E-state index in [1.807, 2.05) is 24.1 Å². The van der Waals surface area contributed by atoms with Crippen LogP contribution < -0.4 is 4.90 Å². The Morgan fingerprint density at radius 1 is 1.22 bits per heavy atom. The molecule has 0 unspecified atom stereocenters. The number of pyridine rings is 1. The van der Waals surface area contributed by atoms with Crippen molar-refractivity contribution in [3.8, 4) is 6.07 Å². The van der Waals surface area contributed by atoms with Crippen molar-refractivity contribution in [2.24, 2.45) is 0 Å². The zero-order valence-electron chi connectivity index (χ0n) is 9.97. The van der Waals surface area contributed by atoms with E-state index in [9.17, 15) is 4.39 Å². The number of nitrogens with zero attached hydrogens (tertiary/aromatic N) is 3. The molecule has 0 aliphatic rings. The average Bonchev–Trinajstić information content (AvgIpc) is 2.41. The molecule has 0 bridgehead atoms. The van der Waals surface area contributed by atoms with E-state index in [-0.39, 0.29) is 5.82 Å². The molecule has 0 fully saturated rings. The molecule has 0 radical (unpaired) electrons. The van der Waals surface area contributed by atoms with Crippen LogP contribution in [0.15, 0.2) is 42.6 Å². The summed E-state index contributed by atoms with van der Waals surface area (Å²) in [6.07, 6.45) is 1.65. The molecule has 0 atom stereocenters. The van der Waals surface area contributed by atoms with Crippen LogP contribution in [0.1, 0.15) is 11.3 Å². The van der Waals surface area contributed by atoms with Gasteiger partial charge in [-0.15, -0.1) is 0 Å². The van der Waals surface area contributed by atoms with Crippen LogP contribution in [0.2, 0.25) is 0 Å². The van der Waals surface area contributed by atoms with Gasteiger partial charge < -0.3 is 4.90 Å². The van der Waals surface area contributed by atoms with Crippen LogP contribution in [0.25, 0.3) is 0 Å². The molecular formula is C14H12FN3. The van der Waals surface area contributed by atoms with E-state index in [1.165, 1.54) is 12.1 Å². The molecule has 0 aliphatic carbocycles. The lowest BCUT2D eigenvalue weighted by atomic mass is 10.2. The number of nitriles is 1. The topological polar surface area (TPSA) is 39.9 Å². The van der Waals surface area contributed by atoms with E-state index in [2.05, 4.69) is 4.98 Å². The number of hydrogen-bond acceptors (Lipinski definition) is 3. The van der Waals surface area contributed by atoms with Crippen molar-refractivity contribution in [2.75, 3.05) is 11.9 Å². The molecule has 0 N–H and O–H groups in total. The molecule has 18 heavy (non-hydrogen) atoms. The molecule has 0 saturated carbocycles. The maximum atomic E-state index is 12.8. The van der Waals surface area contributed by atoms with Crippen molar-refractivity contribution in [2.45, 2.75) is 6.54 Å². The Morgan fingerprint density at radius 3 is 2.50 bits per heavy atom. The minimum atomic E-state index is -0.235. The summed E-state index contributed by atoms with van der Waals surface area (Å²) < 4.78 is 12.8. The SMILES string of the molecule is CN(Cc1ccc(F)cc1)c1ccc(C#N)nc1. The summed E-state index contributed by atoms with van der Waals surface area (Å²) in [4.78, 5) is 6.00. The smallest absolute Gasteiger partial charge is 0.140 e. The first kappa shape index (κ1) is 12.1. The largest absolute Gasteiger partial charge is 0.369 e. The minimum Gasteiger partial charge on any atom is -0.369 e. The number of hydrogen-bond donors (Lipinski definition) is 0. The molecule has 1 aromatic heterocycles. The first-order valence-corrected chi connectivity index (χ1v) is 5.51. The van der Waals surface area contributed by atoms with E-state index < -0.39 is 0 Å². The molecule has 0 amide bonds. The van der Waals surface area contributed by atoms with Crippen molar-refractivity contribution in [1.29, 1.82) is 5.26 Å². The summed E-state index contributed by atoms with van der Waals surface area (Å²) in [7, 11) is 1.92. The highest BCUT2D eigenvalue weighted by Crippen LogP contribution is 2.14. The third-order valence-corrected chi connectivity index (χ3v) is 2.64. The quantitative estimate of drug-likeness (QED) is 0.829. The lowest BCUT2D eigenvalue weighted by Crippen LogP contribution is -2.16. The first-order valence-electron chi connectivity index (χ1n) is 5.51. The van der Waals surface area contributed by atoms with Crippen LogP contribution in [-0.2, 0) is 6.54 Å². The van der Waals surface area contributed by atoms with Gasteiger partial charge in [-0.3, -0.25) is 0 Å². The zero-order valence-corrected chi connectivity index (χ0v) is 9.97. The van der Waals surface area contributed by atoms with Crippen LogP contribution in [0.4, 0.5) is 10.1 Å².